The summed E-state index contributed by atoms with van der Waals surface area (Å²) in [5.41, 5.74) is 0. The molecule has 0 atom stereocenters. The molecule has 0 amide bonds. The van der Waals surface area contributed by atoms with Crippen LogP contribution in [0.15, 0.2) is 0 Å². The predicted molar refractivity (Wildman–Crippen MR) is 79.3 cm³/mol. The Kier molecular flexibility index (Phi) is 5.39. The van der Waals surface area contributed by atoms with Crippen LogP contribution in [0.3, 0.4) is 0 Å². The molecule has 0 saturated heterocycles. The first-order valence-electron chi connectivity index (χ1n) is 7.18. The van der Waals surface area contributed by atoms with Crippen LogP contribution in [0.4, 0.5) is 5.95 Å². The number of likely N-dealkylation sites (N-methyl/N-ethyl adjacent to an activating group) is 1. The first-order valence-corrected chi connectivity index (χ1v) is 7.59. The predicted octanol–water partition coefficient (Wildman–Crippen LogP) is 2.92. The van der Waals surface area contributed by atoms with Gasteiger partial charge in [0, 0.05) is 26.2 Å². The van der Waals surface area contributed by atoms with E-state index in [1.807, 2.05) is 0 Å². The molecule has 0 aliphatic heterocycles. The van der Waals surface area contributed by atoms with Crippen LogP contribution in [0.25, 0.3) is 0 Å². The van der Waals surface area contributed by atoms with E-state index >= 15 is 0 Å². The lowest BCUT2D eigenvalue weighted by molar-refractivity contribution is 0.204. The molecule has 2 rings (SSSR count). The largest absolute Gasteiger partial charge is 0.383 e. The monoisotopic (exact) mass is 284 g/mol. The highest BCUT2D eigenvalue weighted by Crippen LogP contribution is 2.31. The van der Waals surface area contributed by atoms with Crippen molar-refractivity contribution in [2.45, 2.75) is 45.1 Å². The summed E-state index contributed by atoms with van der Waals surface area (Å²) in [7, 11) is 1.73. The molecule has 0 radical (unpaired) electrons. The third-order valence-corrected chi connectivity index (χ3v) is 4.14. The second-order valence-corrected chi connectivity index (χ2v) is 5.45. The summed E-state index contributed by atoms with van der Waals surface area (Å²) in [6.45, 7) is 4.60. The van der Waals surface area contributed by atoms with Crippen LogP contribution >= 0.6 is 12.2 Å². The van der Waals surface area contributed by atoms with E-state index in [0.29, 0.717) is 12.6 Å². The standard InChI is InChI=1S/C13H24N4OS/c1-3-16(9-10-18-2)12-14-15-13(19)17(12)11-7-5-4-6-8-11/h11H,3-10H2,1-2H3,(H,15,19). The summed E-state index contributed by atoms with van der Waals surface area (Å²) in [5, 5.41) is 7.39. The van der Waals surface area contributed by atoms with E-state index in [9.17, 15) is 0 Å². The Morgan fingerprint density at radius 1 is 1.42 bits per heavy atom. The first-order chi connectivity index (χ1) is 9.27. The van der Waals surface area contributed by atoms with Crippen molar-refractivity contribution in [3.8, 4) is 0 Å². The number of nitrogens with zero attached hydrogens (tertiary/aromatic N) is 3. The molecule has 0 unspecified atom stereocenters. The Hall–Kier alpha value is -0.880. The number of methoxy groups -OCH3 is 1. The molecule has 0 bridgehead atoms. The average Bonchev–Trinajstić information content (AvgIpc) is 2.83. The van der Waals surface area contributed by atoms with Gasteiger partial charge in [-0.2, -0.15) is 0 Å². The third-order valence-electron chi connectivity index (χ3n) is 3.86. The molecular formula is C13H24N4OS. The molecule has 1 heterocycles. The molecule has 1 saturated carbocycles. The summed E-state index contributed by atoms with van der Waals surface area (Å²) in [6, 6.07) is 0.506. The van der Waals surface area contributed by atoms with Crippen LogP contribution in [0.5, 0.6) is 0 Å². The number of hydrogen-bond acceptors (Lipinski definition) is 4. The number of anilines is 1. The number of nitrogens with one attached hydrogen (secondary N) is 1. The highest BCUT2D eigenvalue weighted by molar-refractivity contribution is 7.71. The Labute approximate surface area is 119 Å². The van der Waals surface area contributed by atoms with Crippen LogP contribution in [0.2, 0.25) is 0 Å². The number of H-pyrrole nitrogens is 1. The van der Waals surface area contributed by atoms with Crippen LogP contribution in [0.1, 0.15) is 45.1 Å². The summed E-state index contributed by atoms with van der Waals surface area (Å²) in [4.78, 5) is 2.23. The van der Waals surface area contributed by atoms with Gasteiger partial charge in [-0.3, -0.25) is 4.57 Å². The zero-order chi connectivity index (χ0) is 13.7. The van der Waals surface area contributed by atoms with Crippen molar-refractivity contribution < 1.29 is 4.74 Å². The van der Waals surface area contributed by atoms with Crippen molar-refractivity contribution in [1.29, 1.82) is 0 Å². The maximum Gasteiger partial charge on any atom is 0.226 e. The maximum atomic E-state index is 5.42. The molecule has 1 fully saturated rings. The number of aromatic amines is 1. The minimum Gasteiger partial charge on any atom is -0.383 e. The Morgan fingerprint density at radius 3 is 2.79 bits per heavy atom. The molecular weight excluding hydrogens is 260 g/mol. The van der Waals surface area contributed by atoms with E-state index < -0.39 is 0 Å². The van der Waals surface area contributed by atoms with Gasteiger partial charge in [0.2, 0.25) is 5.95 Å². The van der Waals surface area contributed by atoms with E-state index in [4.69, 9.17) is 17.0 Å². The van der Waals surface area contributed by atoms with Crippen LogP contribution in [-0.2, 0) is 4.74 Å². The van der Waals surface area contributed by atoms with E-state index in [0.717, 1.165) is 23.8 Å². The zero-order valence-electron chi connectivity index (χ0n) is 11.9. The molecule has 1 aliphatic rings. The SMILES string of the molecule is CCN(CCOC)c1n[nH]c(=S)n1C1CCCCC1. The van der Waals surface area contributed by atoms with Gasteiger partial charge in [-0.05, 0) is 32.0 Å². The Bertz CT molecular complexity index is 436. The van der Waals surface area contributed by atoms with Crippen molar-refractivity contribution in [2.24, 2.45) is 0 Å². The molecule has 108 valence electrons. The van der Waals surface area contributed by atoms with Gasteiger partial charge in [-0.15, -0.1) is 5.10 Å². The highest BCUT2D eigenvalue weighted by Gasteiger charge is 2.22. The average molecular weight is 284 g/mol. The number of ether oxygens (including phenoxy) is 1. The van der Waals surface area contributed by atoms with Crippen molar-refractivity contribution >= 4 is 18.2 Å². The summed E-state index contributed by atoms with van der Waals surface area (Å²) < 4.78 is 8.14. The van der Waals surface area contributed by atoms with Gasteiger partial charge in [0.25, 0.3) is 0 Å². The molecule has 19 heavy (non-hydrogen) atoms. The van der Waals surface area contributed by atoms with E-state index in [2.05, 4.69) is 26.6 Å². The number of hydrogen-bond donors (Lipinski definition) is 1. The minimum absolute atomic E-state index is 0.506. The smallest absolute Gasteiger partial charge is 0.226 e. The van der Waals surface area contributed by atoms with E-state index in [1.54, 1.807) is 7.11 Å². The lowest BCUT2D eigenvalue weighted by Crippen LogP contribution is -2.31. The van der Waals surface area contributed by atoms with Crippen molar-refractivity contribution in [3.05, 3.63) is 4.77 Å². The second kappa shape index (κ2) is 7.05. The van der Waals surface area contributed by atoms with Crippen LogP contribution in [-0.4, -0.2) is 41.6 Å². The summed E-state index contributed by atoms with van der Waals surface area (Å²) in [5.74, 6) is 0.969. The number of rotatable bonds is 6. The van der Waals surface area contributed by atoms with Gasteiger partial charge in [0.05, 0.1) is 6.61 Å². The van der Waals surface area contributed by atoms with Gasteiger partial charge in [0.1, 0.15) is 0 Å². The molecule has 1 aliphatic carbocycles. The topological polar surface area (TPSA) is 46.1 Å². The molecule has 0 spiro atoms. The lowest BCUT2D eigenvalue weighted by Gasteiger charge is -2.28. The van der Waals surface area contributed by atoms with E-state index in [1.165, 1.54) is 32.1 Å². The normalized spacial score (nSPS) is 16.7. The highest BCUT2D eigenvalue weighted by atomic mass is 32.1. The molecule has 1 N–H and O–H groups in total. The molecule has 6 heteroatoms. The molecule has 5 nitrogen and oxygen atoms in total. The number of aromatic nitrogens is 3. The van der Waals surface area contributed by atoms with Gasteiger partial charge in [-0.1, -0.05) is 19.3 Å². The Balaban J connectivity index is 2.22. The van der Waals surface area contributed by atoms with Crippen LogP contribution in [0, 0.1) is 4.77 Å². The molecule has 1 aromatic rings. The van der Waals surface area contributed by atoms with Crippen LogP contribution < -0.4 is 4.90 Å². The van der Waals surface area contributed by atoms with Crippen molar-refractivity contribution in [2.75, 3.05) is 31.7 Å². The second-order valence-electron chi connectivity index (χ2n) is 5.06. The third kappa shape index (κ3) is 3.36. The van der Waals surface area contributed by atoms with Crippen molar-refractivity contribution in [3.63, 3.8) is 0 Å². The van der Waals surface area contributed by atoms with Gasteiger partial charge >= 0.3 is 0 Å². The first kappa shape index (κ1) is 14.5. The van der Waals surface area contributed by atoms with E-state index in [-0.39, 0.29) is 0 Å². The quantitative estimate of drug-likeness (QED) is 0.816. The van der Waals surface area contributed by atoms with Gasteiger partial charge < -0.3 is 9.64 Å². The summed E-state index contributed by atoms with van der Waals surface area (Å²) in [6.07, 6.45) is 6.35. The Morgan fingerprint density at radius 2 is 2.16 bits per heavy atom. The fraction of sp³-hybridized carbons (Fsp3) is 0.846. The molecule has 1 aromatic heterocycles. The zero-order valence-corrected chi connectivity index (χ0v) is 12.7. The van der Waals surface area contributed by atoms with Gasteiger partial charge in [-0.25, -0.2) is 5.10 Å². The fourth-order valence-corrected chi connectivity index (χ4v) is 3.07. The van der Waals surface area contributed by atoms with Crippen molar-refractivity contribution in [1.82, 2.24) is 14.8 Å². The molecule has 0 aromatic carbocycles. The maximum absolute atomic E-state index is 5.42. The fourth-order valence-electron chi connectivity index (χ4n) is 2.79. The lowest BCUT2D eigenvalue weighted by atomic mass is 9.95. The minimum atomic E-state index is 0.506. The van der Waals surface area contributed by atoms with Gasteiger partial charge in [0.15, 0.2) is 4.77 Å². The summed E-state index contributed by atoms with van der Waals surface area (Å²) >= 11 is 5.42.